The number of rotatable bonds is 7. The van der Waals surface area contributed by atoms with Gasteiger partial charge in [0.2, 0.25) is 5.91 Å². The third kappa shape index (κ3) is 4.83. The Bertz CT molecular complexity index is 948. The molecular formula is C23H26FN3O2. The summed E-state index contributed by atoms with van der Waals surface area (Å²) in [5.41, 5.74) is 3.01. The zero-order valence-electron chi connectivity index (χ0n) is 16.4. The molecule has 1 saturated heterocycles. The van der Waals surface area contributed by atoms with Gasteiger partial charge in [-0.3, -0.25) is 9.69 Å². The Hall–Kier alpha value is -2.70. The molecule has 0 radical (unpaired) electrons. The van der Waals surface area contributed by atoms with Crippen LogP contribution in [0.15, 0.2) is 54.7 Å². The summed E-state index contributed by atoms with van der Waals surface area (Å²) in [6, 6.07) is 14.5. The number of halogens is 1. The quantitative estimate of drug-likeness (QED) is 0.646. The van der Waals surface area contributed by atoms with E-state index in [-0.39, 0.29) is 17.6 Å². The molecule has 2 aromatic carbocycles. The Morgan fingerprint density at radius 2 is 1.90 bits per heavy atom. The summed E-state index contributed by atoms with van der Waals surface area (Å²) in [5.74, 6) is -0.422. The van der Waals surface area contributed by atoms with Crippen LogP contribution < -0.4 is 5.32 Å². The standard InChI is InChI=1S/C23H26FN3O2/c24-18-7-5-17(6-8-18)20(21-16-26-22-4-2-1-3-19(21)22)15-23(28)25-9-10-27-11-13-29-14-12-27/h1-8,16,20,26H,9-15H2,(H,25,28). The minimum absolute atomic E-state index is 0.00198. The van der Waals surface area contributed by atoms with Crippen LogP contribution in [0, 0.1) is 5.82 Å². The highest BCUT2D eigenvalue weighted by atomic mass is 19.1. The number of aromatic amines is 1. The molecular weight excluding hydrogens is 369 g/mol. The van der Waals surface area contributed by atoms with E-state index in [0.29, 0.717) is 13.0 Å². The lowest BCUT2D eigenvalue weighted by atomic mass is 9.88. The van der Waals surface area contributed by atoms with Crippen LogP contribution in [0.1, 0.15) is 23.5 Å². The molecule has 0 spiro atoms. The number of ether oxygens (including phenoxy) is 1. The molecule has 2 heterocycles. The molecule has 1 unspecified atom stereocenters. The van der Waals surface area contributed by atoms with E-state index in [1.54, 1.807) is 12.1 Å². The van der Waals surface area contributed by atoms with Crippen LogP contribution in [-0.2, 0) is 9.53 Å². The van der Waals surface area contributed by atoms with Gasteiger partial charge in [-0.05, 0) is 29.3 Å². The second kappa shape index (κ2) is 9.20. The number of nitrogens with zero attached hydrogens (tertiary/aromatic N) is 1. The van der Waals surface area contributed by atoms with E-state index in [1.807, 2.05) is 30.5 Å². The van der Waals surface area contributed by atoms with Gasteiger partial charge in [0.15, 0.2) is 0 Å². The number of para-hydroxylation sites is 1. The first-order chi connectivity index (χ1) is 14.2. The molecule has 1 atom stereocenters. The van der Waals surface area contributed by atoms with Crippen molar-refractivity contribution in [1.29, 1.82) is 0 Å². The van der Waals surface area contributed by atoms with E-state index >= 15 is 0 Å². The van der Waals surface area contributed by atoms with E-state index in [0.717, 1.165) is 54.9 Å². The number of morpholine rings is 1. The maximum atomic E-state index is 13.5. The van der Waals surface area contributed by atoms with Crippen molar-refractivity contribution in [2.24, 2.45) is 0 Å². The second-order valence-electron chi connectivity index (χ2n) is 7.40. The summed E-state index contributed by atoms with van der Waals surface area (Å²) < 4.78 is 18.8. The Labute approximate surface area is 169 Å². The van der Waals surface area contributed by atoms with Gasteiger partial charge in [-0.1, -0.05) is 30.3 Å². The average molecular weight is 395 g/mol. The van der Waals surface area contributed by atoms with E-state index < -0.39 is 0 Å². The molecule has 3 aromatic rings. The molecule has 1 fully saturated rings. The van der Waals surface area contributed by atoms with Gasteiger partial charge in [-0.2, -0.15) is 0 Å². The van der Waals surface area contributed by atoms with E-state index in [2.05, 4.69) is 15.2 Å². The summed E-state index contributed by atoms with van der Waals surface area (Å²) in [6.07, 6.45) is 2.27. The van der Waals surface area contributed by atoms with Gasteiger partial charge in [0.1, 0.15) is 5.82 Å². The van der Waals surface area contributed by atoms with Crippen LogP contribution >= 0.6 is 0 Å². The highest BCUT2D eigenvalue weighted by Gasteiger charge is 2.21. The van der Waals surface area contributed by atoms with Crippen molar-refractivity contribution in [1.82, 2.24) is 15.2 Å². The zero-order valence-corrected chi connectivity index (χ0v) is 16.4. The van der Waals surface area contributed by atoms with Gasteiger partial charge in [0.05, 0.1) is 13.2 Å². The van der Waals surface area contributed by atoms with E-state index in [4.69, 9.17) is 4.74 Å². The van der Waals surface area contributed by atoms with Gasteiger partial charge in [-0.15, -0.1) is 0 Å². The van der Waals surface area contributed by atoms with Gasteiger partial charge in [0.25, 0.3) is 0 Å². The van der Waals surface area contributed by atoms with Crippen molar-refractivity contribution in [2.45, 2.75) is 12.3 Å². The Morgan fingerprint density at radius 3 is 2.69 bits per heavy atom. The van der Waals surface area contributed by atoms with Gasteiger partial charge < -0.3 is 15.0 Å². The fourth-order valence-corrected chi connectivity index (χ4v) is 3.92. The monoisotopic (exact) mass is 395 g/mol. The zero-order chi connectivity index (χ0) is 20.1. The average Bonchev–Trinajstić information content (AvgIpc) is 3.17. The van der Waals surface area contributed by atoms with Gasteiger partial charge in [0, 0.05) is 55.6 Å². The Kier molecular flexibility index (Phi) is 6.22. The van der Waals surface area contributed by atoms with Crippen LogP contribution in [-0.4, -0.2) is 55.2 Å². The molecule has 1 aromatic heterocycles. The lowest BCUT2D eigenvalue weighted by Crippen LogP contribution is -2.41. The van der Waals surface area contributed by atoms with Crippen LogP contribution in [0.2, 0.25) is 0 Å². The topological polar surface area (TPSA) is 57.4 Å². The van der Waals surface area contributed by atoms with Crippen LogP contribution in [0.25, 0.3) is 10.9 Å². The first kappa shape index (κ1) is 19.6. The molecule has 1 aliphatic heterocycles. The number of fused-ring (bicyclic) bond motifs is 1. The number of carbonyl (C=O) groups excluding carboxylic acids is 1. The first-order valence-corrected chi connectivity index (χ1v) is 10.1. The summed E-state index contributed by atoms with van der Waals surface area (Å²) in [5, 5.41) is 4.13. The fraction of sp³-hybridized carbons (Fsp3) is 0.348. The van der Waals surface area contributed by atoms with Gasteiger partial charge >= 0.3 is 0 Å². The second-order valence-corrected chi connectivity index (χ2v) is 7.40. The number of H-pyrrole nitrogens is 1. The Balaban J connectivity index is 1.48. The molecule has 1 amide bonds. The van der Waals surface area contributed by atoms with E-state index in [9.17, 15) is 9.18 Å². The molecule has 29 heavy (non-hydrogen) atoms. The van der Waals surface area contributed by atoms with E-state index in [1.165, 1.54) is 12.1 Å². The minimum Gasteiger partial charge on any atom is -0.379 e. The highest BCUT2D eigenvalue weighted by Crippen LogP contribution is 2.33. The van der Waals surface area contributed by atoms with Crippen molar-refractivity contribution in [3.8, 4) is 0 Å². The molecule has 5 nitrogen and oxygen atoms in total. The SMILES string of the molecule is O=C(CC(c1ccc(F)cc1)c1c[nH]c2ccccc12)NCCN1CCOCC1. The van der Waals surface area contributed by atoms with Gasteiger partial charge in [-0.25, -0.2) is 4.39 Å². The molecule has 6 heteroatoms. The lowest BCUT2D eigenvalue weighted by molar-refractivity contribution is -0.121. The van der Waals surface area contributed by atoms with Crippen molar-refractivity contribution in [3.05, 3.63) is 71.7 Å². The summed E-state index contributed by atoms with van der Waals surface area (Å²) >= 11 is 0. The Morgan fingerprint density at radius 1 is 1.14 bits per heavy atom. The minimum atomic E-state index is -0.276. The predicted octanol–water partition coefficient (Wildman–Crippen LogP) is 3.28. The number of hydrogen-bond donors (Lipinski definition) is 2. The normalized spacial score (nSPS) is 16.0. The fourth-order valence-electron chi connectivity index (χ4n) is 3.92. The maximum absolute atomic E-state index is 13.5. The predicted molar refractivity (Wildman–Crippen MR) is 111 cm³/mol. The largest absolute Gasteiger partial charge is 0.379 e. The molecule has 1 aliphatic rings. The third-order valence-corrected chi connectivity index (χ3v) is 5.51. The van der Waals surface area contributed by atoms with Crippen LogP contribution in [0.4, 0.5) is 4.39 Å². The van der Waals surface area contributed by atoms with Crippen molar-refractivity contribution in [3.63, 3.8) is 0 Å². The highest BCUT2D eigenvalue weighted by molar-refractivity contribution is 5.86. The van der Waals surface area contributed by atoms with Crippen LogP contribution in [0.3, 0.4) is 0 Å². The van der Waals surface area contributed by atoms with Crippen molar-refractivity contribution >= 4 is 16.8 Å². The summed E-state index contributed by atoms with van der Waals surface area (Å²) in [4.78, 5) is 18.3. The number of benzene rings is 2. The smallest absolute Gasteiger partial charge is 0.220 e. The number of carbonyl (C=O) groups is 1. The number of amides is 1. The van der Waals surface area contributed by atoms with Crippen molar-refractivity contribution < 1.29 is 13.9 Å². The number of hydrogen-bond acceptors (Lipinski definition) is 3. The first-order valence-electron chi connectivity index (χ1n) is 10.1. The molecule has 0 bridgehead atoms. The maximum Gasteiger partial charge on any atom is 0.220 e. The molecule has 0 aliphatic carbocycles. The number of aromatic nitrogens is 1. The molecule has 2 N–H and O–H groups in total. The van der Waals surface area contributed by atoms with Crippen molar-refractivity contribution in [2.75, 3.05) is 39.4 Å². The molecule has 4 rings (SSSR count). The summed E-state index contributed by atoms with van der Waals surface area (Å²) in [6.45, 7) is 4.75. The summed E-state index contributed by atoms with van der Waals surface area (Å²) in [7, 11) is 0. The van der Waals surface area contributed by atoms with Crippen LogP contribution in [0.5, 0.6) is 0 Å². The molecule has 0 saturated carbocycles. The lowest BCUT2D eigenvalue weighted by Gasteiger charge is -2.26. The third-order valence-electron chi connectivity index (χ3n) is 5.51. The number of nitrogens with one attached hydrogen (secondary N) is 2. The molecule has 152 valence electrons.